The van der Waals surface area contributed by atoms with E-state index in [1.807, 2.05) is 0 Å². The molecule has 24 heavy (non-hydrogen) atoms. The fourth-order valence-electron chi connectivity index (χ4n) is 2.56. The number of para-hydroxylation sites is 1. The Morgan fingerprint density at radius 1 is 1.17 bits per heavy atom. The average Bonchev–Trinajstić information content (AvgIpc) is 2.63. The molecule has 3 rings (SSSR count). The summed E-state index contributed by atoms with van der Waals surface area (Å²) >= 11 is 0. The number of pyridine rings is 1. The van der Waals surface area contributed by atoms with Gasteiger partial charge in [0.25, 0.3) is 5.91 Å². The summed E-state index contributed by atoms with van der Waals surface area (Å²) in [4.78, 5) is 30.6. The molecule has 0 saturated carbocycles. The van der Waals surface area contributed by atoms with Crippen molar-refractivity contribution in [3.8, 4) is 0 Å². The summed E-state index contributed by atoms with van der Waals surface area (Å²) in [6.45, 7) is 2.02. The zero-order valence-corrected chi connectivity index (χ0v) is 13.0. The number of nitrogens with zero attached hydrogens (tertiary/aromatic N) is 3. The lowest BCUT2D eigenvalue weighted by atomic mass is 10.2. The molecular weight excluding hydrogens is 311 g/mol. The predicted octanol–water partition coefficient (Wildman–Crippen LogP) is 1.88. The molecule has 0 bridgehead atoms. The number of hydrogen-bond acceptors (Lipinski definition) is 4. The van der Waals surface area contributed by atoms with E-state index in [1.165, 1.54) is 18.5 Å². The second kappa shape index (κ2) is 7.08. The highest BCUT2D eigenvalue weighted by Gasteiger charge is 2.21. The summed E-state index contributed by atoms with van der Waals surface area (Å²) in [6.07, 6.45) is 3.82. The van der Waals surface area contributed by atoms with Gasteiger partial charge in [-0.15, -0.1) is 0 Å². The van der Waals surface area contributed by atoms with Crippen molar-refractivity contribution in [1.29, 1.82) is 0 Å². The molecule has 0 aliphatic carbocycles. The minimum atomic E-state index is -0.376. The van der Waals surface area contributed by atoms with Crippen LogP contribution in [-0.4, -0.2) is 53.3 Å². The van der Waals surface area contributed by atoms with Crippen LogP contribution in [0.15, 0.2) is 42.7 Å². The average molecular weight is 328 g/mol. The first kappa shape index (κ1) is 15.9. The van der Waals surface area contributed by atoms with Crippen molar-refractivity contribution in [3.05, 3.63) is 54.1 Å². The van der Waals surface area contributed by atoms with Crippen LogP contribution in [-0.2, 0) is 4.79 Å². The molecule has 1 N–H and O–H groups in total. The third-order valence-electron chi connectivity index (χ3n) is 3.89. The van der Waals surface area contributed by atoms with Crippen molar-refractivity contribution in [1.82, 2.24) is 14.8 Å². The van der Waals surface area contributed by atoms with Crippen molar-refractivity contribution in [2.75, 3.05) is 31.5 Å². The number of benzene rings is 1. The number of carbonyl (C=O) groups is 2. The van der Waals surface area contributed by atoms with Gasteiger partial charge >= 0.3 is 0 Å². The van der Waals surface area contributed by atoms with E-state index in [9.17, 15) is 14.0 Å². The minimum absolute atomic E-state index is 0.148. The molecule has 1 saturated heterocycles. The Balaban J connectivity index is 1.72. The van der Waals surface area contributed by atoms with Crippen molar-refractivity contribution in [3.63, 3.8) is 0 Å². The van der Waals surface area contributed by atoms with E-state index in [2.05, 4.69) is 10.3 Å². The van der Waals surface area contributed by atoms with Crippen molar-refractivity contribution < 1.29 is 14.0 Å². The fourth-order valence-corrected chi connectivity index (χ4v) is 2.56. The van der Waals surface area contributed by atoms with Gasteiger partial charge in [-0.25, -0.2) is 4.39 Å². The molecule has 124 valence electrons. The minimum Gasteiger partial charge on any atom is -0.352 e. The number of hydrogen-bond donors (Lipinski definition) is 1. The molecule has 2 amide bonds. The number of carbonyl (C=O) groups excluding carboxylic acids is 2. The van der Waals surface area contributed by atoms with E-state index in [4.69, 9.17) is 0 Å². The Bertz CT molecular complexity index is 745. The second-order valence-corrected chi connectivity index (χ2v) is 5.50. The van der Waals surface area contributed by atoms with Gasteiger partial charge in [-0.05, 0) is 18.2 Å². The number of piperazine rings is 1. The summed E-state index contributed by atoms with van der Waals surface area (Å²) in [5, 5.41) is 2.92. The normalized spacial score (nSPS) is 14.4. The Morgan fingerprint density at radius 2 is 1.92 bits per heavy atom. The van der Waals surface area contributed by atoms with Crippen LogP contribution in [0.2, 0.25) is 0 Å². The third kappa shape index (κ3) is 3.51. The number of rotatable bonds is 4. The van der Waals surface area contributed by atoms with Gasteiger partial charge in [0.1, 0.15) is 5.82 Å². The van der Waals surface area contributed by atoms with Crippen LogP contribution in [0, 0.1) is 5.82 Å². The summed E-state index contributed by atoms with van der Waals surface area (Å²) in [5.74, 6) is -0.524. The molecule has 2 heterocycles. The molecule has 2 aromatic rings. The smallest absolute Gasteiger partial charge is 0.255 e. The Morgan fingerprint density at radius 3 is 2.62 bits per heavy atom. The van der Waals surface area contributed by atoms with Crippen molar-refractivity contribution in [2.45, 2.75) is 0 Å². The number of aromatic nitrogens is 1. The predicted molar refractivity (Wildman–Crippen MR) is 87.5 cm³/mol. The molecule has 0 atom stereocenters. The summed E-state index contributed by atoms with van der Waals surface area (Å²) in [6, 6.07) is 7.95. The Kier molecular flexibility index (Phi) is 4.69. The van der Waals surface area contributed by atoms with Gasteiger partial charge in [-0.2, -0.15) is 0 Å². The summed E-state index contributed by atoms with van der Waals surface area (Å²) in [5.41, 5.74) is 1.29. The van der Waals surface area contributed by atoms with Crippen LogP contribution in [0.3, 0.4) is 0 Å². The summed E-state index contributed by atoms with van der Waals surface area (Å²) < 4.78 is 13.7. The van der Waals surface area contributed by atoms with Gasteiger partial charge in [0.15, 0.2) is 0 Å². The maximum atomic E-state index is 13.7. The third-order valence-corrected chi connectivity index (χ3v) is 3.89. The summed E-state index contributed by atoms with van der Waals surface area (Å²) in [7, 11) is 0. The first-order valence-electron chi connectivity index (χ1n) is 7.62. The van der Waals surface area contributed by atoms with Crippen LogP contribution >= 0.6 is 0 Å². The number of anilines is 2. The molecule has 0 unspecified atom stereocenters. The molecule has 1 aliphatic heterocycles. The molecule has 0 spiro atoms. The van der Waals surface area contributed by atoms with E-state index >= 15 is 0 Å². The fraction of sp³-hybridized carbons (Fsp3) is 0.235. The number of nitrogens with one attached hydrogen (secondary N) is 1. The van der Waals surface area contributed by atoms with Gasteiger partial charge in [0, 0.05) is 32.4 Å². The van der Waals surface area contributed by atoms with Crippen LogP contribution in [0.1, 0.15) is 10.4 Å². The van der Waals surface area contributed by atoms with Gasteiger partial charge in [-0.1, -0.05) is 12.1 Å². The van der Waals surface area contributed by atoms with E-state index in [0.717, 1.165) is 6.41 Å². The number of halogens is 1. The lowest BCUT2D eigenvalue weighted by molar-refractivity contribution is -0.119. The second-order valence-electron chi connectivity index (χ2n) is 5.50. The largest absolute Gasteiger partial charge is 0.352 e. The molecule has 1 fully saturated rings. The van der Waals surface area contributed by atoms with Crippen LogP contribution in [0.5, 0.6) is 0 Å². The van der Waals surface area contributed by atoms with E-state index in [-0.39, 0.29) is 11.7 Å². The van der Waals surface area contributed by atoms with Gasteiger partial charge in [0.2, 0.25) is 6.41 Å². The van der Waals surface area contributed by atoms with E-state index < -0.39 is 0 Å². The standard InChI is InChI=1S/C17H17FN4O2/c18-15-3-1-2-4-16(15)20-14-9-13(10-19-11-14)17(24)22-7-5-21(12-23)6-8-22/h1-4,9-12,20H,5-8H2. The highest BCUT2D eigenvalue weighted by Crippen LogP contribution is 2.20. The Hall–Kier alpha value is -2.96. The molecule has 1 aromatic carbocycles. The van der Waals surface area contributed by atoms with Crippen molar-refractivity contribution in [2.24, 2.45) is 0 Å². The lowest BCUT2D eigenvalue weighted by Gasteiger charge is -2.32. The highest BCUT2D eigenvalue weighted by molar-refractivity contribution is 5.95. The highest BCUT2D eigenvalue weighted by atomic mass is 19.1. The molecule has 0 radical (unpaired) electrons. The van der Waals surface area contributed by atoms with E-state index in [0.29, 0.717) is 43.1 Å². The first-order chi connectivity index (χ1) is 11.7. The maximum absolute atomic E-state index is 13.7. The lowest BCUT2D eigenvalue weighted by Crippen LogP contribution is -2.48. The Labute approximate surface area is 138 Å². The van der Waals surface area contributed by atoms with Crippen LogP contribution in [0.4, 0.5) is 15.8 Å². The molecular formula is C17H17FN4O2. The number of amides is 2. The SMILES string of the molecule is O=CN1CCN(C(=O)c2cncc(Nc3ccccc3F)c2)CC1. The zero-order valence-electron chi connectivity index (χ0n) is 13.0. The van der Waals surface area contributed by atoms with Crippen LogP contribution in [0.25, 0.3) is 0 Å². The van der Waals surface area contributed by atoms with Crippen molar-refractivity contribution >= 4 is 23.7 Å². The quantitative estimate of drug-likeness (QED) is 0.871. The molecule has 1 aromatic heterocycles. The zero-order chi connectivity index (χ0) is 16.9. The van der Waals surface area contributed by atoms with Crippen LogP contribution < -0.4 is 5.32 Å². The molecule has 7 heteroatoms. The first-order valence-corrected chi connectivity index (χ1v) is 7.62. The molecule has 1 aliphatic rings. The maximum Gasteiger partial charge on any atom is 0.255 e. The topological polar surface area (TPSA) is 65.5 Å². The molecule has 6 nitrogen and oxygen atoms in total. The van der Waals surface area contributed by atoms with E-state index in [1.54, 1.807) is 34.1 Å². The monoisotopic (exact) mass is 328 g/mol. The van der Waals surface area contributed by atoms with Gasteiger partial charge < -0.3 is 15.1 Å². The van der Waals surface area contributed by atoms with Gasteiger partial charge in [0.05, 0.1) is 23.1 Å². The van der Waals surface area contributed by atoms with Gasteiger partial charge in [-0.3, -0.25) is 14.6 Å².